The van der Waals surface area contributed by atoms with Gasteiger partial charge < -0.3 is 10.0 Å². The van der Waals surface area contributed by atoms with Gasteiger partial charge in [-0.15, -0.1) is 6.42 Å². The fraction of sp³-hybridized carbons (Fsp3) is 0.167. The summed E-state index contributed by atoms with van der Waals surface area (Å²) in [6.07, 6.45) is 4.20. The van der Waals surface area contributed by atoms with Crippen LogP contribution in [-0.4, -0.2) is 17.6 Å². The van der Waals surface area contributed by atoms with Gasteiger partial charge in [-0.25, -0.2) is 0 Å². The first-order valence-corrected chi connectivity index (χ1v) is 6.78. The molecule has 106 valence electrons. The summed E-state index contributed by atoms with van der Waals surface area (Å²) in [7, 11) is 0. The predicted octanol–water partition coefficient (Wildman–Crippen LogP) is 2.75. The van der Waals surface area contributed by atoms with Crippen LogP contribution in [-0.2, 0) is 4.79 Å². The van der Waals surface area contributed by atoms with E-state index in [-0.39, 0.29) is 5.91 Å². The highest BCUT2D eigenvalue weighted by atomic mass is 16.3. The molecule has 0 spiro atoms. The highest BCUT2D eigenvalue weighted by Crippen LogP contribution is 2.21. The SMILES string of the molecule is C#Cc1cccc(N(CC)C(=O)C(O)c2ccccc2)c1. The second-order valence-electron chi connectivity index (χ2n) is 4.59. The van der Waals surface area contributed by atoms with E-state index in [1.54, 1.807) is 48.5 Å². The molecule has 1 atom stereocenters. The zero-order chi connectivity index (χ0) is 15.2. The van der Waals surface area contributed by atoms with Crippen LogP contribution in [0.5, 0.6) is 0 Å². The van der Waals surface area contributed by atoms with Crippen LogP contribution in [0.4, 0.5) is 5.69 Å². The molecule has 3 nitrogen and oxygen atoms in total. The van der Waals surface area contributed by atoms with Crippen LogP contribution in [0.2, 0.25) is 0 Å². The smallest absolute Gasteiger partial charge is 0.260 e. The third-order valence-corrected chi connectivity index (χ3v) is 3.26. The Kier molecular flexibility index (Phi) is 4.76. The number of benzene rings is 2. The Bertz CT molecular complexity index is 658. The minimum absolute atomic E-state index is 0.363. The second kappa shape index (κ2) is 6.74. The third-order valence-electron chi connectivity index (χ3n) is 3.26. The Morgan fingerprint density at radius 1 is 1.24 bits per heavy atom. The number of hydrogen-bond acceptors (Lipinski definition) is 2. The van der Waals surface area contributed by atoms with Gasteiger partial charge in [-0.3, -0.25) is 4.79 Å². The quantitative estimate of drug-likeness (QED) is 0.874. The molecule has 1 unspecified atom stereocenters. The van der Waals surface area contributed by atoms with Crippen molar-refractivity contribution in [1.82, 2.24) is 0 Å². The highest BCUT2D eigenvalue weighted by Gasteiger charge is 2.23. The molecule has 0 bridgehead atoms. The normalized spacial score (nSPS) is 11.5. The highest BCUT2D eigenvalue weighted by molar-refractivity contribution is 5.97. The molecule has 0 heterocycles. The monoisotopic (exact) mass is 279 g/mol. The summed E-state index contributed by atoms with van der Waals surface area (Å²) in [5.41, 5.74) is 1.97. The van der Waals surface area contributed by atoms with Crippen LogP contribution in [0, 0.1) is 12.3 Å². The number of nitrogens with zero attached hydrogens (tertiary/aromatic N) is 1. The van der Waals surface area contributed by atoms with Gasteiger partial charge in [-0.05, 0) is 30.7 Å². The molecule has 21 heavy (non-hydrogen) atoms. The van der Waals surface area contributed by atoms with Crippen LogP contribution in [0.3, 0.4) is 0 Å². The van der Waals surface area contributed by atoms with Gasteiger partial charge >= 0.3 is 0 Å². The lowest BCUT2D eigenvalue weighted by molar-refractivity contribution is -0.126. The van der Waals surface area contributed by atoms with Gasteiger partial charge in [-0.1, -0.05) is 42.3 Å². The largest absolute Gasteiger partial charge is 0.378 e. The van der Waals surface area contributed by atoms with Crippen LogP contribution in [0.25, 0.3) is 0 Å². The van der Waals surface area contributed by atoms with Crippen molar-refractivity contribution >= 4 is 11.6 Å². The van der Waals surface area contributed by atoms with E-state index < -0.39 is 6.10 Å². The van der Waals surface area contributed by atoms with Crippen molar-refractivity contribution in [3.63, 3.8) is 0 Å². The Labute approximate surface area is 124 Å². The molecule has 0 radical (unpaired) electrons. The van der Waals surface area contributed by atoms with E-state index in [4.69, 9.17) is 6.42 Å². The van der Waals surface area contributed by atoms with Crippen molar-refractivity contribution in [2.24, 2.45) is 0 Å². The fourth-order valence-electron chi connectivity index (χ4n) is 2.15. The van der Waals surface area contributed by atoms with Crippen molar-refractivity contribution < 1.29 is 9.90 Å². The maximum Gasteiger partial charge on any atom is 0.260 e. The van der Waals surface area contributed by atoms with E-state index in [2.05, 4.69) is 5.92 Å². The molecule has 2 aromatic carbocycles. The van der Waals surface area contributed by atoms with Gasteiger partial charge in [0, 0.05) is 17.8 Å². The summed E-state index contributed by atoms with van der Waals surface area (Å²) < 4.78 is 0. The number of rotatable bonds is 4. The summed E-state index contributed by atoms with van der Waals surface area (Å²) in [6, 6.07) is 16.1. The fourth-order valence-corrected chi connectivity index (χ4v) is 2.15. The molecule has 0 aliphatic carbocycles. The lowest BCUT2D eigenvalue weighted by Gasteiger charge is -2.24. The minimum atomic E-state index is -1.18. The first-order chi connectivity index (χ1) is 10.2. The first kappa shape index (κ1) is 14.8. The Morgan fingerprint density at radius 3 is 2.57 bits per heavy atom. The Morgan fingerprint density at radius 2 is 1.95 bits per heavy atom. The zero-order valence-electron chi connectivity index (χ0n) is 11.9. The third kappa shape index (κ3) is 3.31. The molecule has 2 aromatic rings. The van der Waals surface area contributed by atoms with E-state index in [1.165, 1.54) is 4.90 Å². The Hall–Kier alpha value is -2.57. The van der Waals surface area contributed by atoms with Crippen molar-refractivity contribution in [1.29, 1.82) is 0 Å². The summed E-state index contributed by atoms with van der Waals surface area (Å²) in [5.74, 6) is 2.18. The van der Waals surface area contributed by atoms with E-state index >= 15 is 0 Å². The summed E-state index contributed by atoms with van der Waals surface area (Å²) in [4.78, 5) is 14.0. The van der Waals surface area contributed by atoms with Crippen LogP contribution in [0.1, 0.15) is 24.2 Å². The molecule has 2 rings (SSSR count). The molecular weight excluding hydrogens is 262 g/mol. The van der Waals surface area contributed by atoms with Crippen molar-refractivity contribution in [3.05, 3.63) is 65.7 Å². The summed E-state index contributed by atoms with van der Waals surface area (Å²) in [6.45, 7) is 2.31. The van der Waals surface area contributed by atoms with Gasteiger partial charge in [0.1, 0.15) is 0 Å². The second-order valence-corrected chi connectivity index (χ2v) is 4.59. The number of amides is 1. The maximum atomic E-state index is 12.5. The molecule has 1 amide bonds. The molecule has 0 saturated heterocycles. The average Bonchev–Trinajstić information content (AvgIpc) is 2.55. The van der Waals surface area contributed by atoms with E-state index in [0.717, 1.165) is 0 Å². The lowest BCUT2D eigenvalue weighted by Crippen LogP contribution is -2.35. The van der Waals surface area contributed by atoms with Crippen molar-refractivity contribution in [3.8, 4) is 12.3 Å². The van der Waals surface area contributed by atoms with Gasteiger partial charge in [0.15, 0.2) is 6.10 Å². The molecule has 0 fully saturated rings. The molecule has 0 aromatic heterocycles. The number of carbonyl (C=O) groups is 1. The number of aliphatic hydroxyl groups excluding tert-OH is 1. The van der Waals surface area contributed by atoms with Crippen molar-refractivity contribution in [2.45, 2.75) is 13.0 Å². The number of hydrogen-bond donors (Lipinski definition) is 1. The molecule has 0 aliphatic heterocycles. The zero-order valence-corrected chi connectivity index (χ0v) is 11.9. The van der Waals surface area contributed by atoms with Crippen LogP contribution >= 0.6 is 0 Å². The summed E-state index contributed by atoms with van der Waals surface area (Å²) in [5, 5.41) is 10.2. The number of carbonyl (C=O) groups excluding carboxylic acids is 1. The van der Waals surface area contributed by atoms with E-state index in [1.807, 2.05) is 13.0 Å². The molecule has 0 aliphatic rings. The van der Waals surface area contributed by atoms with E-state index in [0.29, 0.717) is 23.4 Å². The summed E-state index contributed by atoms with van der Waals surface area (Å²) >= 11 is 0. The minimum Gasteiger partial charge on any atom is -0.378 e. The average molecular weight is 279 g/mol. The van der Waals surface area contributed by atoms with E-state index in [9.17, 15) is 9.90 Å². The first-order valence-electron chi connectivity index (χ1n) is 6.78. The van der Waals surface area contributed by atoms with Gasteiger partial charge in [0.2, 0.25) is 0 Å². The predicted molar refractivity (Wildman–Crippen MR) is 83.8 cm³/mol. The molecule has 3 heteroatoms. The van der Waals surface area contributed by atoms with Crippen LogP contribution in [0.15, 0.2) is 54.6 Å². The number of likely N-dealkylation sites (N-methyl/N-ethyl adjacent to an activating group) is 1. The molecular formula is C18H17NO2. The molecule has 1 N–H and O–H groups in total. The van der Waals surface area contributed by atoms with Gasteiger partial charge in [0.05, 0.1) is 0 Å². The number of terminal acetylenes is 1. The van der Waals surface area contributed by atoms with Crippen LogP contribution < -0.4 is 4.90 Å². The topological polar surface area (TPSA) is 40.5 Å². The van der Waals surface area contributed by atoms with Gasteiger partial charge in [0.25, 0.3) is 5.91 Å². The standard InChI is InChI=1S/C18H17NO2/c1-3-14-9-8-12-16(13-14)19(4-2)18(21)17(20)15-10-6-5-7-11-15/h1,5-13,17,20H,4H2,2H3. The molecule has 0 saturated carbocycles. The number of anilines is 1. The Balaban J connectivity index is 2.28. The number of aliphatic hydroxyl groups is 1. The van der Waals surface area contributed by atoms with Crippen molar-refractivity contribution in [2.75, 3.05) is 11.4 Å². The maximum absolute atomic E-state index is 12.5. The van der Waals surface area contributed by atoms with Gasteiger partial charge in [-0.2, -0.15) is 0 Å². The lowest BCUT2D eigenvalue weighted by atomic mass is 10.1.